The first kappa shape index (κ1) is 22.3. The van der Waals surface area contributed by atoms with E-state index in [-0.39, 0.29) is 11.4 Å². The van der Waals surface area contributed by atoms with Crippen molar-refractivity contribution in [3.05, 3.63) is 58.6 Å². The zero-order valence-corrected chi connectivity index (χ0v) is 18.2. The Hall–Kier alpha value is -2.42. The summed E-state index contributed by atoms with van der Waals surface area (Å²) in [6.45, 7) is 3.18. The molecule has 2 N–H and O–H groups in total. The van der Waals surface area contributed by atoms with Crippen LogP contribution in [0, 0.1) is 6.92 Å². The van der Waals surface area contributed by atoms with Crippen LogP contribution in [-0.2, 0) is 26.0 Å². The molecule has 2 aromatic carbocycles. The third kappa shape index (κ3) is 5.38. The second-order valence-corrected chi connectivity index (χ2v) is 9.55. The molecule has 0 atom stereocenters. The Morgan fingerprint density at radius 3 is 2.37 bits per heavy atom. The number of amides is 2. The lowest BCUT2D eigenvalue weighted by Gasteiger charge is -2.15. The summed E-state index contributed by atoms with van der Waals surface area (Å²) in [5.41, 5.74) is 2.14. The Labute approximate surface area is 181 Å². The summed E-state index contributed by atoms with van der Waals surface area (Å²) < 4.78 is 26.6. The second kappa shape index (κ2) is 9.59. The number of anilines is 1. The maximum absolute atomic E-state index is 12.5. The molecular weight excluding hydrogens is 426 g/mol. The van der Waals surface area contributed by atoms with Gasteiger partial charge in [-0.2, -0.15) is 4.31 Å². The number of sulfonamides is 1. The number of hydrogen-bond donors (Lipinski definition) is 2. The van der Waals surface area contributed by atoms with Gasteiger partial charge in [0.15, 0.2) is 0 Å². The van der Waals surface area contributed by atoms with E-state index in [0.717, 1.165) is 24.0 Å². The predicted molar refractivity (Wildman–Crippen MR) is 116 cm³/mol. The minimum atomic E-state index is -3.44. The first-order valence-corrected chi connectivity index (χ1v) is 11.5. The number of rotatable bonds is 6. The summed E-state index contributed by atoms with van der Waals surface area (Å²) in [6.07, 6.45) is 2.25. The van der Waals surface area contributed by atoms with E-state index in [2.05, 4.69) is 10.6 Å². The van der Waals surface area contributed by atoms with Gasteiger partial charge in [-0.3, -0.25) is 9.59 Å². The van der Waals surface area contributed by atoms with Crippen LogP contribution in [0.1, 0.15) is 24.0 Å². The number of aryl methyl sites for hydroxylation is 1. The monoisotopic (exact) mass is 449 g/mol. The van der Waals surface area contributed by atoms with Gasteiger partial charge in [0.25, 0.3) is 0 Å². The largest absolute Gasteiger partial charge is 0.347 e. The van der Waals surface area contributed by atoms with Crippen LogP contribution in [0.5, 0.6) is 0 Å². The Morgan fingerprint density at radius 1 is 1.03 bits per heavy atom. The minimum absolute atomic E-state index is 0.249. The number of halogens is 1. The molecule has 0 unspecified atom stereocenters. The molecule has 0 radical (unpaired) electrons. The van der Waals surface area contributed by atoms with Gasteiger partial charge >= 0.3 is 11.8 Å². The van der Waals surface area contributed by atoms with E-state index in [0.29, 0.717) is 30.2 Å². The third-order valence-electron chi connectivity index (χ3n) is 4.98. The zero-order valence-electron chi connectivity index (χ0n) is 16.7. The molecule has 1 aliphatic heterocycles. The molecule has 160 valence electrons. The standard InChI is InChI=1S/C21H24ClN3O4S/c1-15-4-7-17(22)14-19(15)24-21(27)20(26)23-11-10-16-5-8-18(9-6-16)30(28,29)25-12-2-3-13-25/h4-9,14H,2-3,10-13H2,1H3,(H,23,26)(H,24,27). The molecule has 0 spiro atoms. The summed E-state index contributed by atoms with van der Waals surface area (Å²) in [5.74, 6) is -1.52. The lowest BCUT2D eigenvalue weighted by atomic mass is 10.1. The molecule has 1 saturated heterocycles. The highest BCUT2D eigenvalue weighted by molar-refractivity contribution is 7.89. The SMILES string of the molecule is Cc1ccc(Cl)cc1NC(=O)C(=O)NCCc1ccc(S(=O)(=O)N2CCCC2)cc1. The lowest BCUT2D eigenvalue weighted by Crippen LogP contribution is -2.36. The smallest absolute Gasteiger partial charge is 0.313 e. The van der Waals surface area contributed by atoms with Crippen molar-refractivity contribution in [1.29, 1.82) is 0 Å². The van der Waals surface area contributed by atoms with Crippen molar-refractivity contribution in [3.8, 4) is 0 Å². The summed E-state index contributed by atoms with van der Waals surface area (Å²) in [5, 5.41) is 5.57. The van der Waals surface area contributed by atoms with Gasteiger partial charge < -0.3 is 10.6 Å². The average Bonchev–Trinajstić information content (AvgIpc) is 3.27. The molecule has 2 amide bonds. The van der Waals surface area contributed by atoms with E-state index >= 15 is 0 Å². The van der Waals surface area contributed by atoms with Crippen molar-refractivity contribution in [2.24, 2.45) is 0 Å². The molecule has 2 aromatic rings. The molecule has 0 saturated carbocycles. The maximum atomic E-state index is 12.5. The Balaban J connectivity index is 1.50. The van der Waals surface area contributed by atoms with Gasteiger partial charge in [-0.15, -0.1) is 0 Å². The van der Waals surface area contributed by atoms with Gasteiger partial charge in [0, 0.05) is 30.3 Å². The first-order chi connectivity index (χ1) is 14.3. The minimum Gasteiger partial charge on any atom is -0.347 e. The van der Waals surface area contributed by atoms with Crippen molar-refractivity contribution in [2.75, 3.05) is 25.0 Å². The molecule has 1 fully saturated rings. The van der Waals surface area contributed by atoms with Crippen LogP contribution in [0.15, 0.2) is 47.4 Å². The van der Waals surface area contributed by atoms with Gasteiger partial charge in [0.1, 0.15) is 0 Å². The number of nitrogens with zero attached hydrogens (tertiary/aromatic N) is 1. The number of carbonyl (C=O) groups is 2. The van der Waals surface area contributed by atoms with E-state index in [4.69, 9.17) is 11.6 Å². The van der Waals surface area contributed by atoms with Crippen LogP contribution in [0.4, 0.5) is 5.69 Å². The van der Waals surface area contributed by atoms with E-state index in [9.17, 15) is 18.0 Å². The van der Waals surface area contributed by atoms with Crippen LogP contribution in [0.2, 0.25) is 5.02 Å². The normalized spacial score (nSPS) is 14.5. The van der Waals surface area contributed by atoms with E-state index in [1.165, 1.54) is 4.31 Å². The van der Waals surface area contributed by atoms with Gasteiger partial charge in [-0.1, -0.05) is 29.8 Å². The van der Waals surface area contributed by atoms with Crippen LogP contribution >= 0.6 is 11.6 Å². The Bertz CT molecular complexity index is 1030. The van der Waals surface area contributed by atoms with E-state index in [1.54, 1.807) is 49.4 Å². The van der Waals surface area contributed by atoms with Crippen LogP contribution < -0.4 is 10.6 Å². The fraction of sp³-hybridized carbons (Fsp3) is 0.333. The summed E-state index contributed by atoms with van der Waals surface area (Å²) in [4.78, 5) is 24.4. The van der Waals surface area contributed by atoms with Crippen molar-refractivity contribution in [3.63, 3.8) is 0 Å². The van der Waals surface area contributed by atoms with Gasteiger partial charge in [0.2, 0.25) is 10.0 Å². The predicted octanol–water partition coefficient (Wildman–Crippen LogP) is 2.73. The van der Waals surface area contributed by atoms with Crippen molar-refractivity contribution in [2.45, 2.75) is 31.1 Å². The molecule has 7 nitrogen and oxygen atoms in total. The highest BCUT2D eigenvalue weighted by Gasteiger charge is 2.26. The zero-order chi connectivity index (χ0) is 21.7. The van der Waals surface area contributed by atoms with Crippen LogP contribution in [-0.4, -0.2) is 44.2 Å². The molecule has 0 aliphatic carbocycles. The lowest BCUT2D eigenvalue weighted by molar-refractivity contribution is -0.136. The third-order valence-corrected chi connectivity index (χ3v) is 7.13. The average molecular weight is 450 g/mol. The fourth-order valence-corrected chi connectivity index (χ4v) is 4.90. The highest BCUT2D eigenvalue weighted by Crippen LogP contribution is 2.21. The summed E-state index contributed by atoms with van der Waals surface area (Å²) >= 11 is 5.92. The van der Waals surface area contributed by atoms with Crippen molar-refractivity contribution >= 4 is 39.1 Å². The summed E-state index contributed by atoms with van der Waals surface area (Å²) in [6, 6.07) is 11.7. The van der Waals surface area contributed by atoms with E-state index in [1.807, 2.05) is 0 Å². The number of hydrogen-bond acceptors (Lipinski definition) is 4. The molecule has 0 aromatic heterocycles. The quantitative estimate of drug-likeness (QED) is 0.663. The molecule has 1 aliphatic rings. The first-order valence-electron chi connectivity index (χ1n) is 9.72. The number of benzene rings is 2. The molecule has 3 rings (SSSR count). The Kier molecular flexibility index (Phi) is 7.12. The number of nitrogens with one attached hydrogen (secondary N) is 2. The molecule has 9 heteroatoms. The topological polar surface area (TPSA) is 95.6 Å². The highest BCUT2D eigenvalue weighted by atomic mass is 35.5. The molecular formula is C21H24ClN3O4S. The number of carbonyl (C=O) groups excluding carboxylic acids is 2. The van der Waals surface area contributed by atoms with Crippen LogP contribution in [0.3, 0.4) is 0 Å². The molecule has 0 bridgehead atoms. The fourth-order valence-electron chi connectivity index (χ4n) is 3.21. The second-order valence-electron chi connectivity index (χ2n) is 7.17. The molecule has 30 heavy (non-hydrogen) atoms. The van der Waals surface area contributed by atoms with E-state index < -0.39 is 21.8 Å². The Morgan fingerprint density at radius 2 is 1.70 bits per heavy atom. The molecule has 1 heterocycles. The van der Waals surface area contributed by atoms with Crippen LogP contribution in [0.25, 0.3) is 0 Å². The summed E-state index contributed by atoms with van der Waals surface area (Å²) in [7, 11) is -3.44. The van der Waals surface area contributed by atoms with Gasteiger partial charge in [0.05, 0.1) is 4.90 Å². The van der Waals surface area contributed by atoms with Gasteiger partial charge in [-0.25, -0.2) is 8.42 Å². The van der Waals surface area contributed by atoms with Crippen molar-refractivity contribution in [1.82, 2.24) is 9.62 Å². The maximum Gasteiger partial charge on any atom is 0.313 e. The van der Waals surface area contributed by atoms with Crippen molar-refractivity contribution < 1.29 is 18.0 Å². The van der Waals surface area contributed by atoms with Gasteiger partial charge in [-0.05, 0) is 61.6 Å².